The Morgan fingerprint density at radius 1 is 1.26 bits per heavy atom. The zero-order valence-electron chi connectivity index (χ0n) is 10.3. The Morgan fingerprint density at radius 2 is 2.11 bits per heavy atom. The molecule has 2 rings (SSSR count). The van der Waals surface area contributed by atoms with Crippen LogP contribution in [0.25, 0.3) is 9.88 Å². The molecular formula is C11H13Br2N3OS2. The van der Waals surface area contributed by atoms with Crippen molar-refractivity contribution in [3.8, 4) is 9.88 Å². The number of methoxy groups -OCH3 is 1. The maximum atomic E-state index is 4.97. The number of rotatable bonds is 7. The van der Waals surface area contributed by atoms with E-state index in [9.17, 15) is 0 Å². The van der Waals surface area contributed by atoms with E-state index in [-0.39, 0.29) is 0 Å². The van der Waals surface area contributed by atoms with E-state index < -0.39 is 0 Å². The first-order chi connectivity index (χ1) is 9.20. The molecular weight excluding hydrogens is 414 g/mol. The summed E-state index contributed by atoms with van der Waals surface area (Å²) in [5, 5.41) is 13.8. The molecule has 2 aromatic heterocycles. The first-order valence-electron chi connectivity index (χ1n) is 5.68. The summed E-state index contributed by atoms with van der Waals surface area (Å²) in [4.78, 5) is 1.13. The van der Waals surface area contributed by atoms with Gasteiger partial charge in [0.25, 0.3) is 0 Å². The van der Waals surface area contributed by atoms with Gasteiger partial charge in [0.1, 0.15) is 5.01 Å². The fraction of sp³-hybridized carbons (Fsp3) is 0.455. The van der Waals surface area contributed by atoms with E-state index in [1.807, 2.05) is 0 Å². The molecule has 0 saturated heterocycles. The highest BCUT2D eigenvalue weighted by atomic mass is 79.9. The fourth-order valence-corrected chi connectivity index (χ4v) is 4.32. The number of aromatic nitrogens is 2. The molecule has 0 atom stereocenters. The predicted molar refractivity (Wildman–Crippen MR) is 87.1 cm³/mol. The molecule has 0 aliphatic carbocycles. The molecule has 2 heterocycles. The lowest BCUT2D eigenvalue weighted by atomic mass is 10.4. The van der Waals surface area contributed by atoms with Crippen LogP contribution in [0.1, 0.15) is 5.01 Å². The molecule has 0 fully saturated rings. The molecule has 0 saturated carbocycles. The minimum Gasteiger partial charge on any atom is -0.383 e. The summed E-state index contributed by atoms with van der Waals surface area (Å²) >= 11 is 10.3. The van der Waals surface area contributed by atoms with Gasteiger partial charge < -0.3 is 10.1 Å². The summed E-state index contributed by atoms with van der Waals surface area (Å²) in [6.45, 7) is 2.50. The minimum atomic E-state index is 0.735. The summed E-state index contributed by atoms with van der Waals surface area (Å²) in [6.07, 6.45) is 0.898. The molecule has 0 aliphatic heterocycles. The third-order valence-corrected chi connectivity index (χ3v) is 6.73. The maximum absolute atomic E-state index is 4.97. The molecule has 19 heavy (non-hydrogen) atoms. The predicted octanol–water partition coefficient (Wildman–Crippen LogP) is 3.57. The minimum absolute atomic E-state index is 0.735. The van der Waals surface area contributed by atoms with Gasteiger partial charge in [-0.15, -0.1) is 21.5 Å². The summed E-state index contributed by atoms with van der Waals surface area (Å²) < 4.78 is 7.12. The van der Waals surface area contributed by atoms with Crippen LogP contribution >= 0.6 is 54.5 Å². The second-order valence-corrected chi connectivity index (χ2v) is 8.01. The van der Waals surface area contributed by atoms with Crippen molar-refractivity contribution in [1.29, 1.82) is 0 Å². The number of ether oxygens (including phenoxy) is 1. The third-order valence-electron chi connectivity index (χ3n) is 2.32. The number of hydrogen-bond donors (Lipinski definition) is 1. The van der Waals surface area contributed by atoms with Gasteiger partial charge in [-0.05, 0) is 37.9 Å². The molecule has 0 spiro atoms. The van der Waals surface area contributed by atoms with Crippen LogP contribution in [-0.2, 0) is 11.2 Å². The summed E-state index contributed by atoms with van der Waals surface area (Å²) in [6, 6.07) is 2.07. The highest BCUT2D eigenvalue weighted by molar-refractivity contribution is 9.13. The van der Waals surface area contributed by atoms with Gasteiger partial charge in [0, 0.05) is 31.1 Å². The second-order valence-electron chi connectivity index (χ2n) is 3.73. The van der Waals surface area contributed by atoms with Gasteiger partial charge in [0.2, 0.25) is 0 Å². The normalized spacial score (nSPS) is 11.1. The van der Waals surface area contributed by atoms with E-state index in [0.717, 1.165) is 49.3 Å². The van der Waals surface area contributed by atoms with Crippen molar-refractivity contribution in [1.82, 2.24) is 15.5 Å². The van der Waals surface area contributed by atoms with Crippen LogP contribution in [0.15, 0.2) is 14.3 Å². The lowest BCUT2D eigenvalue weighted by Gasteiger charge is -2.00. The van der Waals surface area contributed by atoms with Gasteiger partial charge in [-0.3, -0.25) is 0 Å². The Hall–Kier alpha value is 0.140. The zero-order chi connectivity index (χ0) is 13.7. The van der Waals surface area contributed by atoms with Crippen LogP contribution in [0.4, 0.5) is 0 Å². The topological polar surface area (TPSA) is 47.0 Å². The van der Waals surface area contributed by atoms with Gasteiger partial charge in [0.15, 0.2) is 5.01 Å². The van der Waals surface area contributed by atoms with Gasteiger partial charge in [-0.1, -0.05) is 11.3 Å². The molecule has 0 aliphatic rings. The number of hydrogen-bond acceptors (Lipinski definition) is 6. The number of thiophene rings is 1. The van der Waals surface area contributed by atoms with Crippen molar-refractivity contribution in [3.63, 3.8) is 0 Å². The summed E-state index contributed by atoms with van der Waals surface area (Å²) in [5.41, 5.74) is 0. The van der Waals surface area contributed by atoms with Crippen LogP contribution in [0, 0.1) is 0 Å². The highest BCUT2D eigenvalue weighted by Crippen LogP contribution is 2.39. The molecule has 8 heteroatoms. The quantitative estimate of drug-likeness (QED) is 0.687. The van der Waals surface area contributed by atoms with Crippen molar-refractivity contribution < 1.29 is 4.74 Å². The number of halogens is 2. The van der Waals surface area contributed by atoms with Crippen molar-refractivity contribution in [2.24, 2.45) is 0 Å². The second kappa shape index (κ2) is 7.80. The monoisotopic (exact) mass is 425 g/mol. The Labute approximate surface area is 136 Å². The van der Waals surface area contributed by atoms with Crippen molar-refractivity contribution >= 4 is 54.5 Å². The van der Waals surface area contributed by atoms with E-state index in [1.54, 1.807) is 29.8 Å². The molecule has 1 N–H and O–H groups in total. The van der Waals surface area contributed by atoms with Crippen molar-refractivity contribution in [2.45, 2.75) is 6.42 Å². The SMILES string of the molecule is COCCNCCc1nnc(-c2cc(Br)c(Br)s2)s1. The smallest absolute Gasteiger partial charge is 0.157 e. The Bertz CT molecular complexity index is 510. The standard InChI is InChI=1S/C11H13Br2N3OS2/c1-17-5-4-14-3-2-9-15-16-11(19-9)8-6-7(12)10(13)18-8/h6,14H,2-5H2,1H3. The van der Waals surface area contributed by atoms with E-state index in [4.69, 9.17) is 4.74 Å². The first kappa shape index (κ1) is 15.5. The number of nitrogens with one attached hydrogen (secondary N) is 1. The lowest BCUT2D eigenvalue weighted by molar-refractivity contribution is 0.199. The molecule has 0 amide bonds. The van der Waals surface area contributed by atoms with Gasteiger partial charge in [0.05, 0.1) is 15.3 Å². The highest BCUT2D eigenvalue weighted by Gasteiger charge is 2.11. The van der Waals surface area contributed by atoms with Crippen molar-refractivity contribution in [3.05, 3.63) is 19.3 Å². The van der Waals surface area contributed by atoms with E-state index in [2.05, 4.69) is 53.4 Å². The van der Waals surface area contributed by atoms with Crippen LogP contribution in [-0.4, -0.2) is 37.0 Å². The maximum Gasteiger partial charge on any atom is 0.157 e. The van der Waals surface area contributed by atoms with Gasteiger partial charge >= 0.3 is 0 Å². The third kappa shape index (κ3) is 4.57. The Balaban J connectivity index is 1.88. The van der Waals surface area contributed by atoms with E-state index in [0.29, 0.717) is 0 Å². The molecule has 4 nitrogen and oxygen atoms in total. The molecule has 2 aromatic rings. The van der Waals surface area contributed by atoms with Crippen LogP contribution in [0.5, 0.6) is 0 Å². The molecule has 0 radical (unpaired) electrons. The fourth-order valence-electron chi connectivity index (χ4n) is 1.40. The molecule has 0 bridgehead atoms. The average molecular weight is 427 g/mol. The van der Waals surface area contributed by atoms with Crippen LogP contribution < -0.4 is 5.32 Å². The Kier molecular flexibility index (Phi) is 6.37. The van der Waals surface area contributed by atoms with Gasteiger partial charge in [-0.25, -0.2) is 0 Å². The molecule has 0 aromatic carbocycles. The summed E-state index contributed by atoms with van der Waals surface area (Å²) in [7, 11) is 1.70. The van der Waals surface area contributed by atoms with E-state index in [1.165, 1.54) is 0 Å². The zero-order valence-corrected chi connectivity index (χ0v) is 15.1. The molecule has 104 valence electrons. The first-order valence-corrected chi connectivity index (χ1v) is 8.90. The molecule has 0 unspecified atom stereocenters. The van der Waals surface area contributed by atoms with Crippen LogP contribution in [0.2, 0.25) is 0 Å². The largest absolute Gasteiger partial charge is 0.383 e. The van der Waals surface area contributed by atoms with Crippen LogP contribution in [0.3, 0.4) is 0 Å². The van der Waals surface area contributed by atoms with Crippen molar-refractivity contribution in [2.75, 3.05) is 26.8 Å². The summed E-state index contributed by atoms with van der Waals surface area (Å²) in [5.74, 6) is 0. The Morgan fingerprint density at radius 3 is 2.79 bits per heavy atom. The number of nitrogens with zero attached hydrogens (tertiary/aromatic N) is 2. The van der Waals surface area contributed by atoms with E-state index >= 15 is 0 Å². The average Bonchev–Trinajstić information content (AvgIpc) is 2.97. The van der Waals surface area contributed by atoms with Gasteiger partial charge in [-0.2, -0.15) is 0 Å². The lowest BCUT2D eigenvalue weighted by Crippen LogP contribution is -2.21.